The third-order valence-electron chi connectivity index (χ3n) is 3.72. The second-order valence-electron chi connectivity index (χ2n) is 5.34. The first-order valence-corrected chi connectivity index (χ1v) is 7.14. The lowest BCUT2D eigenvalue weighted by Gasteiger charge is -2.18. The monoisotopic (exact) mass is 307 g/mol. The van der Waals surface area contributed by atoms with Crippen LogP contribution in [-0.2, 0) is 25.7 Å². The molecule has 2 aromatic rings. The minimum Gasteiger partial charge on any atom is -0.489 e. The van der Waals surface area contributed by atoms with Gasteiger partial charge in [0.05, 0.1) is 5.56 Å². The van der Waals surface area contributed by atoms with Crippen molar-refractivity contribution in [1.82, 2.24) is 5.32 Å². The molecule has 2 nitrogen and oxygen atoms in total. The fourth-order valence-corrected chi connectivity index (χ4v) is 2.55. The molecule has 0 unspecified atom stereocenters. The van der Waals surface area contributed by atoms with Crippen molar-refractivity contribution in [2.45, 2.75) is 25.7 Å². The van der Waals surface area contributed by atoms with Crippen molar-refractivity contribution < 1.29 is 17.9 Å². The number of halogens is 3. The van der Waals surface area contributed by atoms with Crippen LogP contribution in [0.15, 0.2) is 42.5 Å². The molecule has 0 aliphatic carbocycles. The number of hydrogen-bond acceptors (Lipinski definition) is 2. The summed E-state index contributed by atoms with van der Waals surface area (Å²) in [4.78, 5) is 0. The average molecular weight is 307 g/mol. The maximum absolute atomic E-state index is 12.7. The summed E-state index contributed by atoms with van der Waals surface area (Å²) in [5.74, 6) is 0.231. The van der Waals surface area contributed by atoms with Crippen LogP contribution in [-0.4, -0.2) is 6.54 Å². The topological polar surface area (TPSA) is 21.3 Å². The van der Waals surface area contributed by atoms with Gasteiger partial charge in [-0.05, 0) is 47.9 Å². The number of ether oxygens (including phenoxy) is 1. The van der Waals surface area contributed by atoms with Gasteiger partial charge < -0.3 is 10.1 Å². The molecule has 22 heavy (non-hydrogen) atoms. The molecule has 0 saturated heterocycles. The zero-order valence-electron chi connectivity index (χ0n) is 11.9. The Morgan fingerprint density at radius 3 is 2.73 bits per heavy atom. The summed E-state index contributed by atoms with van der Waals surface area (Å²) in [5.41, 5.74) is 2.83. The van der Waals surface area contributed by atoms with Gasteiger partial charge in [0.25, 0.3) is 0 Å². The minimum absolute atomic E-state index is 0.231. The molecule has 0 bridgehead atoms. The molecule has 0 radical (unpaired) electrons. The van der Waals surface area contributed by atoms with Crippen LogP contribution in [0.2, 0.25) is 0 Å². The van der Waals surface area contributed by atoms with Crippen LogP contribution in [0.3, 0.4) is 0 Å². The van der Waals surface area contributed by atoms with E-state index in [0.717, 1.165) is 37.2 Å². The van der Waals surface area contributed by atoms with E-state index in [9.17, 15) is 13.2 Å². The molecule has 0 fully saturated rings. The first-order chi connectivity index (χ1) is 10.5. The molecule has 0 saturated carbocycles. The van der Waals surface area contributed by atoms with Gasteiger partial charge in [0, 0.05) is 6.54 Å². The van der Waals surface area contributed by atoms with Crippen molar-refractivity contribution in [3.05, 3.63) is 64.7 Å². The van der Waals surface area contributed by atoms with E-state index >= 15 is 0 Å². The number of fused-ring (bicyclic) bond motifs is 1. The summed E-state index contributed by atoms with van der Waals surface area (Å²) in [6, 6.07) is 11.0. The van der Waals surface area contributed by atoms with Gasteiger partial charge in [-0.3, -0.25) is 0 Å². The van der Waals surface area contributed by atoms with E-state index < -0.39 is 11.7 Å². The predicted octanol–water partition coefficient (Wildman–Crippen LogP) is 3.93. The van der Waals surface area contributed by atoms with Crippen LogP contribution >= 0.6 is 0 Å². The number of hydrogen-bond donors (Lipinski definition) is 1. The zero-order valence-corrected chi connectivity index (χ0v) is 11.9. The third kappa shape index (κ3) is 3.42. The van der Waals surface area contributed by atoms with E-state index in [1.54, 1.807) is 0 Å². The zero-order chi connectivity index (χ0) is 15.6. The van der Waals surface area contributed by atoms with E-state index in [2.05, 4.69) is 11.4 Å². The molecular weight excluding hydrogens is 291 g/mol. The van der Waals surface area contributed by atoms with Gasteiger partial charge in [-0.1, -0.05) is 24.3 Å². The van der Waals surface area contributed by atoms with E-state index in [1.165, 1.54) is 23.3 Å². The molecule has 2 aromatic carbocycles. The van der Waals surface area contributed by atoms with Gasteiger partial charge in [0.1, 0.15) is 12.4 Å². The highest BCUT2D eigenvalue weighted by atomic mass is 19.4. The van der Waals surface area contributed by atoms with Crippen LogP contribution < -0.4 is 10.1 Å². The number of alkyl halides is 3. The SMILES string of the molecule is FC(F)(F)c1cccc(OCc2ccc3c(c2)CCNC3)c1. The number of rotatable bonds is 3. The normalized spacial score (nSPS) is 14.5. The van der Waals surface area contributed by atoms with Gasteiger partial charge in [-0.25, -0.2) is 0 Å². The van der Waals surface area contributed by atoms with Gasteiger partial charge in [-0.2, -0.15) is 13.2 Å². The number of benzene rings is 2. The van der Waals surface area contributed by atoms with Crippen molar-refractivity contribution in [2.24, 2.45) is 0 Å². The Bertz CT molecular complexity index is 667. The standard InChI is InChI=1S/C17H16F3NO/c18-17(19,20)15-2-1-3-16(9-15)22-11-12-4-5-14-10-21-7-6-13(14)8-12/h1-5,8-9,21H,6-7,10-11H2. The summed E-state index contributed by atoms with van der Waals surface area (Å²) in [6.45, 7) is 2.08. The summed E-state index contributed by atoms with van der Waals surface area (Å²) < 4.78 is 43.5. The van der Waals surface area contributed by atoms with Crippen molar-refractivity contribution in [2.75, 3.05) is 6.54 Å². The molecule has 1 N–H and O–H groups in total. The first kappa shape index (κ1) is 14.9. The third-order valence-corrected chi connectivity index (χ3v) is 3.72. The van der Waals surface area contributed by atoms with E-state index in [1.807, 2.05) is 12.1 Å². The fraction of sp³-hybridized carbons (Fsp3) is 0.294. The lowest BCUT2D eigenvalue weighted by Crippen LogP contribution is -2.23. The molecule has 0 amide bonds. The van der Waals surface area contributed by atoms with Gasteiger partial charge in [-0.15, -0.1) is 0 Å². The maximum atomic E-state index is 12.7. The molecule has 1 heterocycles. The van der Waals surface area contributed by atoms with Gasteiger partial charge in [0.15, 0.2) is 0 Å². The maximum Gasteiger partial charge on any atom is 0.416 e. The van der Waals surface area contributed by atoms with Crippen LogP contribution in [0.4, 0.5) is 13.2 Å². The Hall–Kier alpha value is -2.01. The van der Waals surface area contributed by atoms with Crippen molar-refractivity contribution in [3.8, 4) is 5.75 Å². The molecule has 1 aliphatic heterocycles. The summed E-state index contributed by atoms with van der Waals surface area (Å²) in [5, 5.41) is 3.30. The Morgan fingerprint density at radius 2 is 1.91 bits per heavy atom. The van der Waals surface area contributed by atoms with Gasteiger partial charge >= 0.3 is 6.18 Å². The molecule has 1 aliphatic rings. The largest absolute Gasteiger partial charge is 0.489 e. The van der Waals surface area contributed by atoms with Gasteiger partial charge in [0.2, 0.25) is 0 Å². The molecule has 116 valence electrons. The Morgan fingerprint density at radius 1 is 1.05 bits per heavy atom. The molecule has 5 heteroatoms. The highest BCUT2D eigenvalue weighted by Gasteiger charge is 2.30. The lowest BCUT2D eigenvalue weighted by atomic mass is 9.99. The van der Waals surface area contributed by atoms with Crippen LogP contribution in [0.1, 0.15) is 22.3 Å². The molecule has 0 atom stereocenters. The second kappa shape index (κ2) is 6.01. The van der Waals surface area contributed by atoms with E-state index in [0.29, 0.717) is 0 Å². The minimum atomic E-state index is -4.35. The molecule has 0 spiro atoms. The van der Waals surface area contributed by atoms with Crippen LogP contribution in [0.25, 0.3) is 0 Å². The second-order valence-corrected chi connectivity index (χ2v) is 5.34. The van der Waals surface area contributed by atoms with Crippen LogP contribution in [0, 0.1) is 0 Å². The van der Waals surface area contributed by atoms with Crippen molar-refractivity contribution in [1.29, 1.82) is 0 Å². The molecular formula is C17H16F3NO. The van der Waals surface area contributed by atoms with Crippen molar-refractivity contribution >= 4 is 0 Å². The Balaban J connectivity index is 1.70. The van der Waals surface area contributed by atoms with E-state index in [4.69, 9.17) is 4.74 Å². The Kier molecular flexibility index (Phi) is 4.07. The summed E-state index contributed by atoms with van der Waals surface area (Å²) in [6.07, 6.45) is -3.38. The first-order valence-electron chi connectivity index (χ1n) is 7.14. The molecule has 0 aromatic heterocycles. The van der Waals surface area contributed by atoms with E-state index in [-0.39, 0.29) is 12.4 Å². The highest BCUT2D eigenvalue weighted by Crippen LogP contribution is 2.31. The smallest absolute Gasteiger partial charge is 0.416 e. The fourth-order valence-electron chi connectivity index (χ4n) is 2.55. The summed E-state index contributed by atoms with van der Waals surface area (Å²) >= 11 is 0. The Labute approximate surface area is 126 Å². The van der Waals surface area contributed by atoms with Crippen LogP contribution in [0.5, 0.6) is 5.75 Å². The summed E-state index contributed by atoms with van der Waals surface area (Å²) in [7, 11) is 0. The quantitative estimate of drug-likeness (QED) is 0.927. The van der Waals surface area contributed by atoms with Crippen molar-refractivity contribution in [3.63, 3.8) is 0 Å². The highest BCUT2D eigenvalue weighted by molar-refractivity contribution is 5.34. The molecule has 3 rings (SSSR count). The average Bonchev–Trinajstić information content (AvgIpc) is 2.52. The lowest BCUT2D eigenvalue weighted by molar-refractivity contribution is -0.137. The predicted molar refractivity (Wildman–Crippen MR) is 77.6 cm³/mol. The number of nitrogens with one attached hydrogen (secondary N) is 1.